The molecule has 1 aliphatic carbocycles. The first kappa shape index (κ1) is 9.23. The van der Waals surface area contributed by atoms with Gasteiger partial charge in [-0.25, -0.2) is 0 Å². The van der Waals surface area contributed by atoms with E-state index in [1.165, 1.54) is 50.7 Å². The van der Waals surface area contributed by atoms with E-state index in [0.29, 0.717) is 0 Å². The second-order valence-electron chi connectivity index (χ2n) is 5.07. The molecular formula is C17H14. The normalized spacial score (nSPS) is 14.8. The molecule has 3 aromatic carbocycles. The summed E-state index contributed by atoms with van der Waals surface area (Å²) in [6, 6.07) is 15.7. The number of benzene rings is 3. The van der Waals surface area contributed by atoms with Crippen LogP contribution in [-0.2, 0) is 6.42 Å². The Kier molecular flexibility index (Phi) is 1.69. The van der Waals surface area contributed by atoms with E-state index in [1.54, 1.807) is 0 Å². The maximum Gasteiger partial charge on any atom is -0.00301 e. The molecule has 0 heteroatoms. The summed E-state index contributed by atoms with van der Waals surface area (Å²) in [6.07, 6.45) is 2.41. The molecule has 0 atom stereocenters. The van der Waals surface area contributed by atoms with Crippen LogP contribution in [0.15, 0.2) is 42.5 Å². The summed E-state index contributed by atoms with van der Waals surface area (Å²) in [5.41, 5.74) is 3.06. The summed E-state index contributed by atoms with van der Waals surface area (Å²) in [5, 5.41) is 7.18. The molecule has 82 valence electrons. The quantitative estimate of drug-likeness (QED) is 0.538. The van der Waals surface area contributed by atoms with Crippen LogP contribution in [0.25, 0.3) is 27.1 Å². The van der Waals surface area contributed by atoms with Gasteiger partial charge in [0.15, 0.2) is 0 Å². The Labute approximate surface area is 101 Å². The predicted molar refractivity (Wildman–Crippen MR) is 74.1 cm³/mol. The zero-order chi connectivity index (χ0) is 11.4. The predicted octanol–water partition coefficient (Wildman–Crippen LogP) is 3.83. The van der Waals surface area contributed by atoms with Gasteiger partial charge in [0, 0.05) is 0 Å². The number of hydrogen-bond donors (Lipinski definition) is 0. The third-order valence-electron chi connectivity index (χ3n) is 4.09. The second-order valence-corrected chi connectivity index (χ2v) is 5.07. The van der Waals surface area contributed by atoms with Crippen molar-refractivity contribution >= 4 is 27.1 Å². The van der Waals surface area contributed by atoms with Crippen molar-refractivity contribution in [2.75, 3.05) is 0 Å². The molecule has 4 rings (SSSR count). The molecule has 3 aromatic rings. The highest BCUT2D eigenvalue weighted by Crippen LogP contribution is 2.30. The Morgan fingerprint density at radius 3 is 2.35 bits per heavy atom. The summed E-state index contributed by atoms with van der Waals surface area (Å²) in [5.74, 6) is 0. The van der Waals surface area contributed by atoms with Crippen molar-refractivity contribution in [3.8, 4) is 0 Å². The lowest BCUT2D eigenvalue weighted by Crippen LogP contribution is -2.13. The van der Waals surface area contributed by atoms with E-state index in [1.807, 2.05) is 0 Å². The minimum Gasteiger partial charge on any atom is -0.0651 e. The summed E-state index contributed by atoms with van der Waals surface area (Å²) in [4.78, 5) is 0. The Bertz CT molecular complexity index is 778. The second kappa shape index (κ2) is 3.10. The average molecular weight is 218 g/mol. The van der Waals surface area contributed by atoms with Crippen molar-refractivity contribution in [1.29, 1.82) is 0 Å². The van der Waals surface area contributed by atoms with Crippen molar-refractivity contribution in [2.24, 2.45) is 0 Å². The van der Waals surface area contributed by atoms with E-state index in [0.717, 1.165) is 0 Å². The van der Waals surface area contributed by atoms with Gasteiger partial charge in [-0.2, -0.15) is 0 Å². The first-order chi connectivity index (χ1) is 8.34. The van der Waals surface area contributed by atoms with Crippen LogP contribution in [0, 0.1) is 0 Å². The molecule has 0 nitrogen and oxygen atoms in total. The van der Waals surface area contributed by atoms with Crippen LogP contribution in [-0.4, -0.2) is 0 Å². The van der Waals surface area contributed by atoms with Gasteiger partial charge < -0.3 is 0 Å². The third-order valence-corrected chi connectivity index (χ3v) is 4.09. The lowest BCUT2D eigenvalue weighted by molar-refractivity contribution is 0.999. The largest absolute Gasteiger partial charge is 0.0651 e. The van der Waals surface area contributed by atoms with Gasteiger partial charge in [-0.15, -0.1) is 0 Å². The Morgan fingerprint density at radius 2 is 1.53 bits per heavy atom. The van der Waals surface area contributed by atoms with Crippen molar-refractivity contribution in [3.63, 3.8) is 0 Å². The molecule has 0 saturated heterocycles. The minimum atomic E-state index is 1.20. The molecule has 0 bridgehead atoms. The zero-order valence-electron chi connectivity index (χ0n) is 9.96. The van der Waals surface area contributed by atoms with Crippen LogP contribution in [0.3, 0.4) is 0 Å². The number of rotatable bonds is 0. The molecule has 0 aromatic heterocycles. The number of hydrogen-bond acceptors (Lipinski definition) is 0. The molecule has 0 N–H and O–H groups in total. The van der Waals surface area contributed by atoms with E-state index in [9.17, 15) is 0 Å². The fourth-order valence-electron chi connectivity index (χ4n) is 3.17. The molecule has 0 unspecified atom stereocenters. The van der Waals surface area contributed by atoms with Crippen LogP contribution in [0.4, 0.5) is 0 Å². The van der Waals surface area contributed by atoms with E-state index in [2.05, 4.69) is 49.4 Å². The molecule has 0 heterocycles. The van der Waals surface area contributed by atoms with Gasteiger partial charge in [-0.3, -0.25) is 0 Å². The fraction of sp³-hybridized carbons (Fsp3) is 0.176. The molecule has 0 saturated carbocycles. The van der Waals surface area contributed by atoms with Gasteiger partial charge >= 0.3 is 0 Å². The van der Waals surface area contributed by atoms with Crippen LogP contribution < -0.4 is 5.22 Å². The molecule has 0 spiro atoms. The third kappa shape index (κ3) is 1.13. The van der Waals surface area contributed by atoms with E-state index < -0.39 is 0 Å². The van der Waals surface area contributed by atoms with E-state index in [4.69, 9.17) is 0 Å². The van der Waals surface area contributed by atoms with Gasteiger partial charge in [0.1, 0.15) is 0 Å². The Morgan fingerprint density at radius 1 is 0.765 bits per heavy atom. The van der Waals surface area contributed by atoms with E-state index in [-0.39, 0.29) is 0 Å². The summed E-state index contributed by atoms with van der Waals surface area (Å²) >= 11 is 0. The highest BCUT2D eigenvalue weighted by Gasteiger charge is 2.12. The Balaban J connectivity index is 2.44. The molecule has 1 aliphatic rings. The summed E-state index contributed by atoms with van der Waals surface area (Å²) in [6.45, 7) is 2.27. The van der Waals surface area contributed by atoms with Crippen molar-refractivity contribution in [3.05, 3.63) is 53.2 Å². The molecule has 17 heavy (non-hydrogen) atoms. The van der Waals surface area contributed by atoms with Crippen LogP contribution >= 0.6 is 0 Å². The lowest BCUT2D eigenvalue weighted by Gasteiger charge is -2.17. The maximum absolute atomic E-state index is 2.31. The van der Waals surface area contributed by atoms with Crippen molar-refractivity contribution < 1.29 is 0 Å². The molecule has 0 amide bonds. The highest BCUT2D eigenvalue weighted by molar-refractivity contribution is 6.12. The van der Waals surface area contributed by atoms with Crippen molar-refractivity contribution in [2.45, 2.75) is 19.8 Å². The topological polar surface area (TPSA) is 0 Å². The van der Waals surface area contributed by atoms with Crippen LogP contribution in [0.1, 0.15) is 18.9 Å². The Hall–Kier alpha value is -1.82. The zero-order valence-corrected chi connectivity index (χ0v) is 9.96. The van der Waals surface area contributed by atoms with E-state index >= 15 is 0 Å². The van der Waals surface area contributed by atoms with Gasteiger partial charge in [-0.1, -0.05) is 48.0 Å². The maximum atomic E-state index is 2.31. The molecule has 0 aliphatic heterocycles. The van der Waals surface area contributed by atoms with Crippen molar-refractivity contribution in [1.82, 2.24) is 0 Å². The smallest absolute Gasteiger partial charge is 0.00301 e. The standard InChI is InChI=1S/C17H14/c1-11-5-6-14-8-7-12-3-2-4-13-9-10-15(11)17(14)16(12)13/h2-4,7-10H,5-6H2,1H3. The lowest BCUT2D eigenvalue weighted by atomic mass is 9.87. The molecular weight excluding hydrogens is 204 g/mol. The fourth-order valence-corrected chi connectivity index (χ4v) is 3.17. The first-order valence-corrected chi connectivity index (χ1v) is 6.27. The van der Waals surface area contributed by atoms with Gasteiger partial charge in [0.2, 0.25) is 0 Å². The monoisotopic (exact) mass is 218 g/mol. The minimum absolute atomic E-state index is 1.20. The SMILES string of the molecule is CC1=c2ccc3cccc4ccc(c2c43)CC1. The first-order valence-electron chi connectivity index (χ1n) is 6.27. The average Bonchev–Trinajstić information content (AvgIpc) is 2.38. The van der Waals surface area contributed by atoms with Gasteiger partial charge in [0.25, 0.3) is 0 Å². The summed E-state index contributed by atoms with van der Waals surface area (Å²) in [7, 11) is 0. The number of aryl methyl sites for hydroxylation is 1. The highest BCUT2D eigenvalue weighted by atomic mass is 14.2. The molecule has 0 radical (unpaired) electrons. The van der Waals surface area contributed by atoms with Crippen LogP contribution in [0.5, 0.6) is 0 Å². The summed E-state index contributed by atoms with van der Waals surface area (Å²) < 4.78 is 0. The van der Waals surface area contributed by atoms with Gasteiger partial charge in [-0.05, 0) is 52.1 Å². The molecule has 0 fully saturated rings. The van der Waals surface area contributed by atoms with Crippen LogP contribution in [0.2, 0.25) is 0 Å². The van der Waals surface area contributed by atoms with Gasteiger partial charge in [0.05, 0.1) is 0 Å².